The first-order chi connectivity index (χ1) is 8.40. The zero-order chi connectivity index (χ0) is 13.1. The van der Waals surface area contributed by atoms with E-state index in [2.05, 4.69) is 18.8 Å². The van der Waals surface area contributed by atoms with Crippen LogP contribution in [0.5, 0.6) is 0 Å². The van der Waals surface area contributed by atoms with Crippen LogP contribution in [-0.2, 0) is 0 Å². The first-order valence-electron chi connectivity index (χ1n) is 5.88. The van der Waals surface area contributed by atoms with Crippen molar-refractivity contribution in [3.05, 3.63) is 34.2 Å². The fraction of sp³-hybridized carbons (Fsp3) is 0.385. The lowest BCUT2D eigenvalue weighted by Crippen LogP contribution is -2.17. The van der Waals surface area contributed by atoms with E-state index in [0.29, 0.717) is 5.52 Å². The molecule has 0 amide bonds. The van der Waals surface area contributed by atoms with Crippen molar-refractivity contribution in [1.29, 1.82) is 0 Å². The summed E-state index contributed by atoms with van der Waals surface area (Å²) in [7, 11) is 0. The van der Waals surface area contributed by atoms with Crippen LogP contribution in [-0.4, -0.2) is 20.6 Å². The van der Waals surface area contributed by atoms with Crippen LogP contribution in [0.1, 0.15) is 36.7 Å². The Balaban J connectivity index is 2.20. The van der Waals surface area contributed by atoms with Crippen LogP contribution < -0.4 is 5.69 Å². The standard InChI is InChI=1S/C13H14N2O3/c1-13(2)6-10(13)15-9-4-3-7(11(16)17)5-8(9)14-12(15)18/h3-5,10H,6H2,1-2H3,(H,14,18)(H,16,17). The molecule has 0 saturated heterocycles. The van der Waals surface area contributed by atoms with Crippen LogP contribution >= 0.6 is 0 Å². The predicted molar refractivity (Wildman–Crippen MR) is 67.0 cm³/mol. The number of benzene rings is 1. The van der Waals surface area contributed by atoms with Gasteiger partial charge in [-0.15, -0.1) is 0 Å². The summed E-state index contributed by atoms with van der Waals surface area (Å²) in [6.45, 7) is 4.24. The third kappa shape index (κ3) is 1.47. The maximum Gasteiger partial charge on any atom is 0.335 e. The molecular formula is C13H14N2O3. The maximum absolute atomic E-state index is 11.9. The lowest BCUT2D eigenvalue weighted by molar-refractivity contribution is 0.0697. The van der Waals surface area contributed by atoms with Crippen molar-refractivity contribution in [3.63, 3.8) is 0 Å². The van der Waals surface area contributed by atoms with Crippen molar-refractivity contribution in [2.45, 2.75) is 26.3 Å². The molecule has 2 N–H and O–H groups in total. The minimum atomic E-state index is -0.989. The zero-order valence-electron chi connectivity index (χ0n) is 10.2. The van der Waals surface area contributed by atoms with Gasteiger partial charge in [0, 0.05) is 6.04 Å². The number of hydrogen-bond acceptors (Lipinski definition) is 2. The number of carboxylic acids is 1. The van der Waals surface area contributed by atoms with Crippen molar-refractivity contribution >= 4 is 17.0 Å². The molecular weight excluding hydrogens is 232 g/mol. The van der Waals surface area contributed by atoms with Gasteiger partial charge in [0.15, 0.2) is 0 Å². The summed E-state index contributed by atoms with van der Waals surface area (Å²) in [5.41, 5.74) is 1.53. The number of imidazole rings is 1. The molecule has 1 aliphatic rings. The third-order valence-electron chi connectivity index (χ3n) is 3.74. The second-order valence-corrected chi connectivity index (χ2v) is 5.55. The highest BCUT2D eigenvalue weighted by Crippen LogP contribution is 2.55. The average molecular weight is 246 g/mol. The molecule has 1 aliphatic carbocycles. The maximum atomic E-state index is 11.9. The van der Waals surface area contributed by atoms with Gasteiger partial charge in [-0.3, -0.25) is 4.57 Å². The van der Waals surface area contributed by atoms with Gasteiger partial charge in [0.1, 0.15) is 0 Å². The van der Waals surface area contributed by atoms with Gasteiger partial charge >= 0.3 is 11.7 Å². The van der Waals surface area contributed by atoms with Gasteiger partial charge in [0.25, 0.3) is 0 Å². The van der Waals surface area contributed by atoms with E-state index in [4.69, 9.17) is 5.11 Å². The van der Waals surface area contributed by atoms with Crippen LogP contribution in [0.2, 0.25) is 0 Å². The molecule has 0 aliphatic heterocycles. The van der Waals surface area contributed by atoms with Crippen molar-refractivity contribution in [1.82, 2.24) is 9.55 Å². The number of aromatic carboxylic acids is 1. The van der Waals surface area contributed by atoms with Gasteiger partial charge in [-0.1, -0.05) is 13.8 Å². The number of nitrogens with one attached hydrogen (secondary N) is 1. The van der Waals surface area contributed by atoms with Crippen LogP contribution in [0.25, 0.3) is 11.0 Å². The van der Waals surface area contributed by atoms with Crippen molar-refractivity contribution in [2.75, 3.05) is 0 Å². The van der Waals surface area contributed by atoms with Gasteiger partial charge in [0.2, 0.25) is 0 Å². The Hall–Kier alpha value is -2.04. The van der Waals surface area contributed by atoms with E-state index in [9.17, 15) is 9.59 Å². The van der Waals surface area contributed by atoms with Crippen LogP contribution in [0.15, 0.2) is 23.0 Å². The molecule has 5 nitrogen and oxygen atoms in total. The van der Waals surface area contributed by atoms with E-state index in [1.54, 1.807) is 10.6 Å². The molecule has 1 atom stereocenters. The Bertz CT molecular complexity index is 709. The zero-order valence-corrected chi connectivity index (χ0v) is 10.2. The minimum Gasteiger partial charge on any atom is -0.478 e. The molecule has 18 heavy (non-hydrogen) atoms. The summed E-state index contributed by atoms with van der Waals surface area (Å²) in [4.78, 5) is 25.6. The van der Waals surface area contributed by atoms with Crippen molar-refractivity contribution in [3.8, 4) is 0 Å². The first-order valence-corrected chi connectivity index (χ1v) is 5.88. The van der Waals surface area contributed by atoms with E-state index in [-0.39, 0.29) is 22.7 Å². The van der Waals surface area contributed by atoms with Crippen molar-refractivity contribution < 1.29 is 9.90 Å². The van der Waals surface area contributed by atoms with Gasteiger partial charge in [-0.2, -0.15) is 0 Å². The van der Waals surface area contributed by atoms with Crippen molar-refractivity contribution in [2.24, 2.45) is 5.41 Å². The average Bonchev–Trinajstić information content (AvgIpc) is 2.77. The first kappa shape index (κ1) is 11.1. The second-order valence-electron chi connectivity index (χ2n) is 5.55. The second kappa shape index (κ2) is 3.25. The highest BCUT2D eigenvalue weighted by atomic mass is 16.4. The number of carboxylic acid groups (broad SMARTS) is 1. The summed E-state index contributed by atoms with van der Waals surface area (Å²) in [6, 6.07) is 4.94. The number of carbonyl (C=O) groups is 1. The lowest BCUT2D eigenvalue weighted by Gasteiger charge is -2.05. The quantitative estimate of drug-likeness (QED) is 0.851. The molecule has 1 aromatic carbocycles. The van der Waals surface area contributed by atoms with E-state index < -0.39 is 5.97 Å². The largest absolute Gasteiger partial charge is 0.478 e. The lowest BCUT2D eigenvalue weighted by atomic mass is 10.1. The van der Waals surface area contributed by atoms with Gasteiger partial charge in [-0.05, 0) is 30.0 Å². The number of H-pyrrole nitrogens is 1. The van der Waals surface area contributed by atoms with E-state index in [1.165, 1.54) is 12.1 Å². The number of hydrogen-bond donors (Lipinski definition) is 2. The molecule has 3 rings (SSSR count). The number of rotatable bonds is 2. The Morgan fingerprint density at radius 2 is 2.17 bits per heavy atom. The third-order valence-corrected chi connectivity index (χ3v) is 3.74. The molecule has 1 heterocycles. The SMILES string of the molecule is CC1(C)CC1n1c(=O)[nH]c2cc(C(=O)O)ccc21. The van der Waals surface area contributed by atoms with Gasteiger partial charge in [-0.25, -0.2) is 9.59 Å². The molecule has 5 heteroatoms. The Morgan fingerprint density at radius 1 is 1.50 bits per heavy atom. The topological polar surface area (TPSA) is 75.1 Å². The van der Waals surface area contributed by atoms with E-state index in [1.807, 2.05) is 0 Å². The highest BCUT2D eigenvalue weighted by Gasteiger charge is 2.48. The normalized spacial score (nSPS) is 21.1. The summed E-state index contributed by atoms with van der Waals surface area (Å²) in [6.07, 6.45) is 0.973. The van der Waals surface area contributed by atoms with Crippen LogP contribution in [0.3, 0.4) is 0 Å². The number of fused-ring (bicyclic) bond motifs is 1. The monoisotopic (exact) mass is 246 g/mol. The molecule has 94 valence electrons. The molecule has 1 aromatic heterocycles. The Morgan fingerprint density at radius 3 is 2.72 bits per heavy atom. The number of aromatic nitrogens is 2. The number of aromatic amines is 1. The molecule has 1 saturated carbocycles. The van der Waals surface area contributed by atoms with E-state index >= 15 is 0 Å². The smallest absolute Gasteiger partial charge is 0.335 e. The molecule has 1 fully saturated rings. The van der Waals surface area contributed by atoms with Gasteiger partial charge < -0.3 is 10.1 Å². The van der Waals surface area contributed by atoms with E-state index in [0.717, 1.165) is 11.9 Å². The molecule has 0 bridgehead atoms. The predicted octanol–water partition coefficient (Wildman–Crippen LogP) is 2.00. The number of nitrogens with zero attached hydrogens (tertiary/aromatic N) is 1. The van der Waals surface area contributed by atoms with Gasteiger partial charge in [0.05, 0.1) is 16.6 Å². The Labute approximate surface area is 103 Å². The van der Waals surface area contributed by atoms with Crippen LogP contribution in [0.4, 0.5) is 0 Å². The van der Waals surface area contributed by atoms with Crippen LogP contribution in [0, 0.1) is 5.41 Å². The minimum absolute atomic E-state index is 0.143. The highest BCUT2D eigenvalue weighted by molar-refractivity contribution is 5.92. The fourth-order valence-electron chi connectivity index (χ4n) is 2.45. The molecule has 0 spiro atoms. The summed E-state index contributed by atoms with van der Waals surface area (Å²) >= 11 is 0. The summed E-state index contributed by atoms with van der Waals surface area (Å²) < 4.78 is 1.74. The Kier molecular flexibility index (Phi) is 2.00. The molecule has 0 radical (unpaired) electrons. The molecule has 1 unspecified atom stereocenters. The summed E-state index contributed by atoms with van der Waals surface area (Å²) in [5.74, 6) is -0.989. The summed E-state index contributed by atoms with van der Waals surface area (Å²) in [5, 5.41) is 8.93. The fourth-order valence-corrected chi connectivity index (χ4v) is 2.45. The molecule has 2 aromatic rings.